The SMILES string of the molecule is COCC(N)C(=O)NCc1ccc(Oc2cccc(F)c2)nc1.Cl.Cl. The normalized spacial score (nSPS) is 10.8. The maximum absolute atomic E-state index is 13.1. The number of nitrogens with zero attached hydrogens (tertiary/aromatic N) is 1. The number of carbonyl (C=O) groups is 1. The average molecular weight is 392 g/mol. The highest BCUT2D eigenvalue weighted by molar-refractivity contribution is 5.85. The number of rotatable bonds is 7. The minimum absolute atomic E-state index is 0. The van der Waals surface area contributed by atoms with Crippen LogP contribution in [-0.4, -0.2) is 30.6 Å². The van der Waals surface area contributed by atoms with Crippen molar-refractivity contribution in [3.05, 3.63) is 54.0 Å². The first-order chi connectivity index (χ1) is 11.1. The van der Waals surface area contributed by atoms with E-state index in [0.717, 1.165) is 5.56 Å². The summed E-state index contributed by atoms with van der Waals surface area (Å²) in [6.45, 7) is 0.452. The van der Waals surface area contributed by atoms with Gasteiger partial charge in [-0.15, -0.1) is 24.8 Å². The van der Waals surface area contributed by atoms with Gasteiger partial charge in [0.1, 0.15) is 17.6 Å². The van der Waals surface area contributed by atoms with Crippen LogP contribution >= 0.6 is 24.8 Å². The van der Waals surface area contributed by atoms with Crippen molar-refractivity contribution in [2.45, 2.75) is 12.6 Å². The van der Waals surface area contributed by atoms with Gasteiger partial charge in [-0.25, -0.2) is 9.37 Å². The van der Waals surface area contributed by atoms with Crippen LogP contribution in [0.5, 0.6) is 11.6 Å². The molecule has 1 aromatic carbocycles. The minimum atomic E-state index is -0.705. The molecule has 0 bridgehead atoms. The third-order valence-electron chi connectivity index (χ3n) is 2.97. The number of hydrogen-bond acceptors (Lipinski definition) is 5. The average Bonchev–Trinajstić information content (AvgIpc) is 2.54. The molecule has 0 spiro atoms. The Morgan fingerprint density at radius 1 is 1.32 bits per heavy atom. The van der Waals surface area contributed by atoms with Crippen LogP contribution in [0.2, 0.25) is 0 Å². The molecule has 0 fully saturated rings. The van der Waals surface area contributed by atoms with Crippen LogP contribution in [0, 0.1) is 5.82 Å². The maximum atomic E-state index is 13.1. The molecule has 0 saturated carbocycles. The molecule has 0 radical (unpaired) electrons. The minimum Gasteiger partial charge on any atom is -0.439 e. The number of nitrogens with one attached hydrogen (secondary N) is 1. The summed E-state index contributed by atoms with van der Waals surface area (Å²) in [6, 6.07) is 8.48. The summed E-state index contributed by atoms with van der Waals surface area (Å²) < 4.78 is 23.3. The Balaban J connectivity index is 0.00000288. The van der Waals surface area contributed by atoms with Crippen molar-refractivity contribution in [1.29, 1.82) is 0 Å². The van der Waals surface area contributed by atoms with Gasteiger partial charge < -0.3 is 20.5 Å². The van der Waals surface area contributed by atoms with Gasteiger partial charge in [0.25, 0.3) is 0 Å². The Bertz CT molecular complexity index is 659. The van der Waals surface area contributed by atoms with E-state index in [2.05, 4.69) is 10.3 Å². The van der Waals surface area contributed by atoms with Crippen LogP contribution in [0.15, 0.2) is 42.6 Å². The molecule has 1 unspecified atom stereocenters. The summed E-state index contributed by atoms with van der Waals surface area (Å²) in [5.74, 6) is 0.0204. The fraction of sp³-hybridized carbons (Fsp3) is 0.250. The Kier molecular flexibility index (Phi) is 10.7. The molecule has 0 saturated heterocycles. The number of ether oxygens (including phenoxy) is 2. The number of methoxy groups -OCH3 is 1. The molecule has 1 aromatic heterocycles. The lowest BCUT2D eigenvalue weighted by atomic mass is 10.2. The van der Waals surface area contributed by atoms with Crippen molar-refractivity contribution >= 4 is 30.7 Å². The summed E-state index contributed by atoms with van der Waals surface area (Å²) in [7, 11) is 1.48. The molecular weight excluding hydrogens is 372 g/mol. The smallest absolute Gasteiger partial charge is 0.239 e. The zero-order valence-electron chi connectivity index (χ0n) is 13.5. The van der Waals surface area contributed by atoms with Crippen LogP contribution in [-0.2, 0) is 16.1 Å². The van der Waals surface area contributed by atoms with E-state index in [4.69, 9.17) is 15.2 Å². The highest BCUT2D eigenvalue weighted by atomic mass is 35.5. The van der Waals surface area contributed by atoms with Crippen LogP contribution in [0.4, 0.5) is 4.39 Å². The first kappa shape index (κ1) is 23.1. The molecule has 25 heavy (non-hydrogen) atoms. The molecule has 138 valence electrons. The van der Waals surface area contributed by atoms with Gasteiger partial charge in [0.2, 0.25) is 11.8 Å². The number of hydrogen-bond donors (Lipinski definition) is 2. The highest BCUT2D eigenvalue weighted by Crippen LogP contribution is 2.19. The number of pyridine rings is 1. The van der Waals surface area contributed by atoms with Crippen molar-refractivity contribution in [3.63, 3.8) is 0 Å². The zero-order chi connectivity index (χ0) is 16.7. The Labute approximate surface area is 157 Å². The monoisotopic (exact) mass is 391 g/mol. The summed E-state index contributed by atoms with van der Waals surface area (Å²) >= 11 is 0. The molecule has 2 aromatic rings. The van der Waals surface area contributed by atoms with E-state index in [1.54, 1.807) is 30.5 Å². The highest BCUT2D eigenvalue weighted by Gasteiger charge is 2.12. The Morgan fingerprint density at radius 3 is 2.68 bits per heavy atom. The van der Waals surface area contributed by atoms with Crippen LogP contribution in [0.1, 0.15) is 5.56 Å². The predicted molar refractivity (Wildman–Crippen MR) is 96.9 cm³/mol. The maximum Gasteiger partial charge on any atom is 0.239 e. The molecule has 0 aliphatic heterocycles. The van der Waals surface area contributed by atoms with E-state index < -0.39 is 6.04 Å². The molecule has 6 nitrogen and oxygen atoms in total. The number of aromatic nitrogens is 1. The molecule has 0 aliphatic carbocycles. The van der Waals surface area contributed by atoms with E-state index >= 15 is 0 Å². The lowest BCUT2D eigenvalue weighted by Gasteiger charge is -2.11. The second kappa shape index (κ2) is 11.6. The quantitative estimate of drug-likeness (QED) is 0.756. The number of nitrogens with two attached hydrogens (primary N) is 1. The van der Waals surface area contributed by atoms with Gasteiger partial charge in [-0.1, -0.05) is 12.1 Å². The number of amides is 1. The number of benzene rings is 1. The Hall–Kier alpha value is -1.93. The van der Waals surface area contributed by atoms with Gasteiger partial charge >= 0.3 is 0 Å². The summed E-state index contributed by atoms with van der Waals surface area (Å²) in [5, 5.41) is 2.69. The van der Waals surface area contributed by atoms with Crippen LogP contribution < -0.4 is 15.8 Å². The van der Waals surface area contributed by atoms with E-state index in [1.165, 1.54) is 19.2 Å². The molecule has 1 amide bonds. The molecular formula is C16H20Cl2FN3O3. The third-order valence-corrected chi connectivity index (χ3v) is 2.97. The number of carbonyl (C=O) groups excluding carboxylic acids is 1. The Morgan fingerprint density at radius 2 is 2.08 bits per heavy atom. The molecule has 0 aliphatic rings. The second-order valence-corrected chi connectivity index (χ2v) is 4.84. The van der Waals surface area contributed by atoms with Crippen molar-refractivity contribution in [3.8, 4) is 11.6 Å². The molecule has 9 heteroatoms. The molecule has 2 rings (SSSR count). The van der Waals surface area contributed by atoms with Gasteiger partial charge in [-0.3, -0.25) is 4.79 Å². The lowest BCUT2D eigenvalue weighted by molar-refractivity contribution is -0.123. The van der Waals surface area contributed by atoms with Gasteiger partial charge in [-0.2, -0.15) is 0 Å². The molecule has 1 heterocycles. The fourth-order valence-corrected chi connectivity index (χ4v) is 1.80. The standard InChI is InChI=1S/C16H18FN3O3.2ClH/c1-22-10-14(18)16(21)20-9-11-5-6-15(19-8-11)23-13-4-2-3-12(17)7-13;;/h2-8,14H,9-10,18H2,1H3,(H,20,21);2*1H. The van der Waals surface area contributed by atoms with Gasteiger partial charge in [-0.05, 0) is 17.7 Å². The largest absolute Gasteiger partial charge is 0.439 e. The van der Waals surface area contributed by atoms with Crippen LogP contribution in [0.3, 0.4) is 0 Å². The van der Waals surface area contributed by atoms with E-state index in [1.807, 2.05) is 0 Å². The van der Waals surface area contributed by atoms with Gasteiger partial charge in [0, 0.05) is 32.0 Å². The van der Waals surface area contributed by atoms with E-state index in [0.29, 0.717) is 18.2 Å². The second-order valence-electron chi connectivity index (χ2n) is 4.84. The fourth-order valence-electron chi connectivity index (χ4n) is 1.80. The summed E-state index contributed by atoms with van der Waals surface area (Å²) in [6.07, 6.45) is 1.57. The van der Waals surface area contributed by atoms with Crippen LogP contribution in [0.25, 0.3) is 0 Å². The third kappa shape index (κ3) is 7.66. The first-order valence-corrected chi connectivity index (χ1v) is 6.99. The van der Waals surface area contributed by atoms with E-state index in [-0.39, 0.29) is 43.1 Å². The van der Waals surface area contributed by atoms with Crippen molar-refractivity contribution in [2.75, 3.05) is 13.7 Å². The summed E-state index contributed by atoms with van der Waals surface area (Å²) in [5.41, 5.74) is 6.40. The molecule has 1 atom stereocenters. The first-order valence-electron chi connectivity index (χ1n) is 6.99. The predicted octanol–water partition coefficient (Wildman–Crippen LogP) is 2.45. The lowest BCUT2D eigenvalue weighted by Crippen LogP contribution is -2.43. The topological polar surface area (TPSA) is 86.5 Å². The summed E-state index contributed by atoms with van der Waals surface area (Å²) in [4.78, 5) is 15.8. The zero-order valence-corrected chi connectivity index (χ0v) is 15.1. The van der Waals surface area contributed by atoms with Gasteiger partial charge in [0.15, 0.2) is 0 Å². The number of halogens is 3. The van der Waals surface area contributed by atoms with E-state index in [9.17, 15) is 9.18 Å². The van der Waals surface area contributed by atoms with Crippen molar-refractivity contribution in [2.24, 2.45) is 5.73 Å². The van der Waals surface area contributed by atoms with Crippen molar-refractivity contribution in [1.82, 2.24) is 10.3 Å². The van der Waals surface area contributed by atoms with Gasteiger partial charge in [0.05, 0.1) is 6.61 Å². The molecule has 3 N–H and O–H groups in total. The van der Waals surface area contributed by atoms with Crippen molar-refractivity contribution < 1.29 is 18.7 Å².